The number of rotatable bonds is 1. The molecule has 2 nitrogen and oxygen atoms in total. The van der Waals surface area contributed by atoms with Crippen molar-refractivity contribution in [2.75, 3.05) is 13.6 Å². The Morgan fingerprint density at radius 2 is 2.38 bits per heavy atom. The van der Waals surface area contributed by atoms with Crippen LogP contribution < -0.4 is 0 Å². The quantitative estimate of drug-likeness (QED) is 0.291. The molecular weight excluding hydrogens is 188 g/mol. The van der Waals surface area contributed by atoms with Gasteiger partial charge in [0.2, 0.25) is 0 Å². The second-order valence-corrected chi connectivity index (χ2v) is 2.29. The SMILES string of the molecule is CCN(C)C(Br)=NS. The normalized spacial score (nSPS) is 11.8. The summed E-state index contributed by atoms with van der Waals surface area (Å²) in [6.07, 6.45) is 0. The van der Waals surface area contributed by atoms with Gasteiger partial charge in [-0.25, -0.2) is 0 Å². The van der Waals surface area contributed by atoms with E-state index in [1.165, 1.54) is 0 Å². The maximum Gasteiger partial charge on any atom is 0.179 e. The second-order valence-electron chi connectivity index (χ2n) is 1.38. The molecule has 0 rings (SSSR count). The summed E-state index contributed by atoms with van der Waals surface area (Å²) in [5.74, 6) is 0. The van der Waals surface area contributed by atoms with Crippen molar-refractivity contribution in [3.05, 3.63) is 0 Å². The molecule has 0 unspecified atom stereocenters. The van der Waals surface area contributed by atoms with E-state index >= 15 is 0 Å². The third kappa shape index (κ3) is 2.57. The lowest BCUT2D eigenvalue weighted by Crippen LogP contribution is -2.20. The maximum atomic E-state index is 3.71. The van der Waals surface area contributed by atoms with Crippen LogP contribution in [0.25, 0.3) is 0 Å². The third-order valence-corrected chi connectivity index (χ3v) is 2.12. The predicted octanol–water partition coefficient (Wildman–Crippen LogP) is 1.53. The molecule has 0 saturated heterocycles. The van der Waals surface area contributed by atoms with Gasteiger partial charge in [-0.1, -0.05) is 0 Å². The summed E-state index contributed by atoms with van der Waals surface area (Å²) in [5.41, 5.74) is 0. The van der Waals surface area contributed by atoms with Gasteiger partial charge in [0.15, 0.2) is 4.74 Å². The Morgan fingerprint density at radius 3 is 2.50 bits per heavy atom. The molecule has 0 aromatic rings. The molecule has 0 spiro atoms. The van der Waals surface area contributed by atoms with Crippen LogP contribution in [-0.4, -0.2) is 23.2 Å². The lowest BCUT2D eigenvalue weighted by atomic mass is 10.7. The van der Waals surface area contributed by atoms with Crippen molar-refractivity contribution in [2.45, 2.75) is 6.92 Å². The van der Waals surface area contributed by atoms with Gasteiger partial charge in [0, 0.05) is 13.6 Å². The summed E-state index contributed by atoms with van der Waals surface area (Å²) in [5, 5.41) is 0. The lowest BCUT2D eigenvalue weighted by Gasteiger charge is -2.11. The van der Waals surface area contributed by atoms with Gasteiger partial charge in [-0.15, -0.1) is 0 Å². The van der Waals surface area contributed by atoms with E-state index in [1.807, 2.05) is 18.9 Å². The summed E-state index contributed by atoms with van der Waals surface area (Å²) >= 11 is 6.91. The van der Waals surface area contributed by atoms with E-state index in [1.54, 1.807) is 0 Å². The van der Waals surface area contributed by atoms with E-state index in [0.717, 1.165) is 11.3 Å². The first-order chi connectivity index (χ1) is 3.72. The standard InChI is InChI=1S/C4H9BrN2S/c1-3-7(2)4(5)6-8/h8H,3H2,1-2H3. The van der Waals surface area contributed by atoms with Crippen molar-refractivity contribution in [2.24, 2.45) is 4.40 Å². The van der Waals surface area contributed by atoms with Gasteiger partial charge >= 0.3 is 0 Å². The average Bonchev–Trinajstić information content (AvgIpc) is 1.84. The number of hydrogen-bond donors (Lipinski definition) is 1. The second kappa shape index (κ2) is 4.21. The zero-order chi connectivity index (χ0) is 6.57. The molecule has 0 aliphatic carbocycles. The molecule has 4 heteroatoms. The first-order valence-corrected chi connectivity index (χ1v) is 3.50. The van der Waals surface area contributed by atoms with Crippen molar-refractivity contribution < 1.29 is 0 Å². The molecule has 0 amide bonds. The number of nitrogens with zero attached hydrogens (tertiary/aromatic N) is 2. The van der Waals surface area contributed by atoms with Crippen LogP contribution in [0.3, 0.4) is 0 Å². The Labute approximate surface area is 63.6 Å². The molecule has 0 fully saturated rings. The Hall–Kier alpha value is 0.300. The van der Waals surface area contributed by atoms with Gasteiger partial charge in [-0.2, -0.15) is 4.40 Å². The van der Waals surface area contributed by atoms with Gasteiger partial charge in [-0.3, -0.25) is 0 Å². The minimum atomic E-state index is 0.767. The van der Waals surface area contributed by atoms with Crippen LogP contribution in [0, 0.1) is 0 Å². The third-order valence-electron chi connectivity index (χ3n) is 0.872. The summed E-state index contributed by atoms with van der Waals surface area (Å²) < 4.78 is 4.38. The minimum Gasteiger partial charge on any atom is -0.354 e. The molecule has 0 heterocycles. The summed E-state index contributed by atoms with van der Waals surface area (Å²) in [7, 11) is 1.93. The Bertz CT molecular complexity index is 94.0. The minimum absolute atomic E-state index is 0.767. The van der Waals surface area contributed by atoms with Crippen LogP contribution in [0.1, 0.15) is 6.92 Å². The van der Waals surface area contributed by atoms with Crippen LogP contribution in [0.5, 0.6) is 0 Å². The van der Waals surface area contributed by atoms with Gasteiger partial charge in [-0.05, 0) is 35.7 Å². The molecule has 0 bridgehead atoms. The van der Waals surface area contributed by atoms with Crippen molar-refractivity contribution in [1.29, 1.82) is 0 Å². The van der Waals surface area contributed by atoms with E-state index in [-0.39, 0.29) is 0 Å². The van der Waals surface area contributed by atoms with Crippen LogP contribution in [0.15, 0.2) is 4.40 Å². The number of thiol groups is 1. The Morgan fingerprint density at radius 1 is 1.88 bits per heavy atom. The molecule has 8 heavy (non-hydrogen) atoms. The Balaban J connectivity index is 3.63. The molecule has 0 atom stereocenters. The molecule has 0 aromatic heterocycles. The predicted molar refractivity (Wildman–Crippen MR) is 43.7 cm³/mol. The molecule has 0 aliphatic rings. The molecule has 0 N–H and O–H groups in total. The van der Waals surface area contributed by atoms with Crippen molar-refractivity contribution >= 4 is 33.5 Å². The van der Waals surface area contributed by atoms with E-state index in [9.17, 15) is 0 Å². The molecule has 0 radical (unpaired) electrons. The summed E-state index contributed by atoms with van der Waals surface area (Å²) in [6.45, 7) is 2.98. The highest BCUT2D eigenvalue weighted by Gasteiger charge is 1.94. The van der Waals surface area contributed by atoms with Crippen molar-refractivity contribution in [3.8, 4) is 0 Å². The highest BCUT2D eigenvalue weighted by Crippen LogP contribution is 1.96. The van der Waals surface area contributed by atoms with Crippen molar-refractivity contribution in [3.63, 3.8) is 0 Å². The van der Waals surface area contributed by atoms with Gasteiger partial charge in [0.05, 0.1) is 0 Å². The number of hydrogen-bond acceptors (Lipinski definition) is 2. The van der Waals surface area contributed by atoms with Gasteiger partial charge in [0.25, 0.3) is 0 Å². The van der Waals surface area contributed by atoms with E-state index in [2.05, 4.69) is 33.1 Å². The van der Waals surface area contributed by atoms with Crippen LogP contribution >= 0.6 is 28.7 Å². The van der Waals surface area contributed by atoms with Gasteiger partial charge in [0.1, 0.15) is 0 Å². The van der Waals surface area contributed by atoms with Gasteiger partial charge < -0.3 is 4.90 Å². The largest absolute Gasteiger partial charge is 0.354 e. The van der Waals surface area contributed by atoms with Crippen LogP contribution in [-0.2, 0) is 0 Å². The molecule has 48 valence electrons. The van der Waals surface area contributed by atoms with E-state index in [4.69, 9.17) is 0 Å². The zero-order valence-electron chi connectivity index (χ0n) is 4.93. The fraction of sp³-hybridized carbons (Fsp3) is 0.750. The highest BCUT2D eigenvalue weighted by atomic mass is 79.9. The van der Waals surface area contributed by atoms with E-state index < -0.39 is 0 Å². The number of halogens is 1. The molecule has 0 aromatic carbocycles. The van der Waals surface area contributed by atoms with Crippen molar-refractivity contribution in [1.82, 2.24) is 4.90 Å². The fourth-order valence-electron chi connectivity index (χ4n) is 0.207. The topological polar surface area (TPSA) is 15.6 Å². The summed E-state index contributed by atoms with van der Waals surface area (Å²) in [6, 6.07) is 0. The zero-order valence-corrected chi connectivity index (χ0v) is 7.41. The smallest absolute Gasteiger partial charge is 0.179 e. The summed E-state index contributed by atoms with van der Waals surface area (Å²) in [4.78, 5) is 1.94. The Kier molecular flexibility index (Phi) is 4.36. The fourth-order valence-corrected chi connectivity index (χ4v) is 0.610. The van der Waals surface area contributed by atoms with Crippen LogP contribution in [0.2, 0.25) is 0 Å². The lowest BCUT2D eigenvalue weighted by molar-refractivity contribution is 0.549. The molecular formula is C4H9BrN2S. The highest BCUT2D eigenvalue weighted by molar-refractivity contribution is 9.18. The molecule has 0 aliphatic heterocycles. The monoisotopic (exact) mass is 196 g/mol. The first kappa shape index (κ1) is 8.30. The number of amidine groups is 1. The first-order valence-electron chi connectivity index (χ1n) is 2.31. The van der Waals surface area contributed by atoms with E-state index in [0.29, 0.717) is 0 Å². The maximum absolute atomic E-state index is 3.71. The van der Waals surface area contributed by atoms with Crippen LogP contribution in [0.4, 0.5) is 0 Å². The average molecular weight is 197 g/mol. The molecule has 0 saturated carbocycles.